The van der Waals surface area contributed by atoms with E-state index in [2.05, 4.69) is 36.5 Å². The molecule has 0 radical (unpaired) electrons. The molecular formula is C22H21NO. The van der Waals surface area contributed by atoms with Gasteiger partial charge in [0, 0.05) is 5.69 Å². The smallest absolute Gasteiger partial charge is 0.228 e. The van der Waals surface area contributed by atoms with Crippen LogP contribution in [0.15, 0.2) is 78.9 Å². The number of amides is 1. The van der Waals surface area contributed by atoms with E-state index in [-0.39, 0.29) is 5.91 Å². The van der Waals surface area contributed by atoms with Crippen molar-refractivity contribution < 1.29 is 4.79 Å². The summed E-state index contributed by atoms with van der Waals surface area (Å²) in [6.45, 7) is 2.12. The summed E-state index contributed by atoms with van der Waals surface area (Å²) in [6, 6.07) is 26.4. The summed E-state index contributed by atoms with van der Waals surface area (Å²) in [5, 5.41) is 2.95. The first-order chi connectivity index (χ1) is 11.7. The quantitative estimate of drug-likeness (QED) is 0.697. The molecule has 0 bridgehead atoms. The number of hydrogen-bond acceptors (Lipinski definition) is 1. The van der Waals surface area contributed by atoms with Crippen LogP contribution in [0.1, 0.15) is 18.1 Å². The lowest BCUT2D eigenvalue weighted by atomic mass is 10.0. The Labute approximate surface area is 143 Å². The number of anilines is 1. The molecule has 0 unspecified atom stereocenters. The van der Waals surface area contributed by atoms with Crippen LogP contribution in [0.25, 0.3) is 11.1 Å². The van der Waals surface area contributed by atoms with Crippen LogP contribution >= 0.6 is 0 Å². The molecule has 0 atom stereocenters. The van der Waals surface area contributed by atoms with Gasteiger partial charge in [-0.05, 0) is 40.8 Å². The van der Waals surface area contributed by atoms with Crippen molar-refractivity contribution in [2.24, 2.45) is 0 Å². The molecule has 3 rings (SSSR count). The Morgan fingerprint density at radius 2 is 1.33 bits per heavy atom. The second kappa shape index (κ2) is 7.60. The molecule has 1 amide bonds. The van der Waals surface area contributed by atoms with E-state index in [0.717, 1.165) is 23.2 Å². The van der Waals surface area contributed by atoms with Crippen molar-refractivity contribution in [1.82, 2.24) is 0 Å². The maximum atomic E-state index is 12.2. The molecule has 0 fully saturated rings. The number of carbonyl (C=O) groups is 1. The van der Waals surface area contributed by atoms with E-state index in [1.165, 1.54) is 11.1 Å². The Hall–Kier alpha value is -2.87. The van der Waals surface area contributed by atoms with Gasteiger partial charge in [0.05, 0.1) is 6.42 Å². The first-order valence-electron chi connectivity index (χ1n) is 8.28. The predicted molar refractivity (Wildman–Crippen MR) is 100 cm³/mol. The molecule has 0 aliphatic rings. The Balaban J connectivity index is 1.62. The van der Waals surface area contributed by atoms with E-state index in [0.29, 0.717) is 6.42 Å². The number of carbonyl (C=O) groups excluding carboxylic acids is 1. The third-order valence-electron chi connectivity index (χ3n) is 4.07. The Bertz CT molecular complexity index is 790. The van der Waals surface area contributed by atoms with Crippen molar-refractivity contribution in [2.45, 2.75) is 19.8 Å². The number of benzene rings is 3. The predicted octanol–water partition coefficient (Wildman–Crippen LogP) is 5.10. The molecule has 2 heteroatoms. The maximum absolute atomic E-state index is 12.2. The van der Waals surface area contributed by atoms with Gasteiger partial charge >= 0.3 is 0 Å². The molecule has 24 heavy (non-hydrogen) atoms. The Kier molecular flexibility index (Phi) is 5.07. The fraction of sp³-hybridized carbons (Fsp3) is 0.136. The summed E-state index contributed by atoms with van der Waals surface area (Å²) in [4.78, 5) is 12.2. The van der Waals surface area contributed by atoms with Gasteiger partial charge in [0.1, 0.15) is 0 Å². The van der Waals surface area contributed by atoms with Gasteiger partial charge < -0.3 is 5.32 Å². The number of hydrogen-bond donors (Lipinski definition) is 1. The van der Waals surface area contributed by atoms with Crippen molar-refractivity contribution in [3.63, 3.8) is 0 Å². The second-order valence-corrected chi connectivity index (χ2v) is 5.84. The van der Waals surface area contributed by atoms with Gasteiger partial charge in [0.15, 0.2) is 0 Å². The molecule has 2 nitrogen and oxygen atoms in total. The molecule has 3 aromatic carbocycles. The van der Waals surface area contributed by atoms with Crippen molar-refractivity contribution in [1.29, 1.82) is 0 Å². The van der Waals surface area contributed by atoms with Crippen LogP contribution in [-0.4, -0.2) is 5.91 Å². The van der Waals surface area contributed by atoms with Crippen molar-refractivity contribution >= 4 is 11.6 Å². The first kappa shape index (κ1) is 16.0. The SMILES string of the molecule is CCc1ccc(NC(=O)Cc2ccc(-c3ccccc3)cc2)cc1. The van der Waals surface area contributed by atoms with Gasteiger partial charge in [-0.3, -0.25) is 4.79 Å². The molecule has 120 valence electrons. The summed E-state index contributed by atoms with van der Waals surface area (Å²) in [7, 11) is 0. The molecule has 0 saturated carbocycles. The van der Waals surface area contributed by atoms with Crippen LogP contribution in [0.4, 0.5) is 5.69 Å². The van der Waals surface area contributed by atoms with E-state index in [1.807, 2.05) is 54.6 Å². The second-order valence-electron chi connectivity index (χ2n) is 5.84. The zero-order chi connectivity index (χ0) is 16.8. The van der Waals surface area contributed by atoms with Crippen LogP contribution in [0.2, 0.25) is 0 Å². The van der Waals surface area contributed by atoms with Crippen LogP contribution in [0.3, 0.4) is 0 Å². The van der Waals surface area contributed by atoms with Gasteiger partial charge in [-0.25, -0.2) is 0 Å². The lowest BCUT2D eigenvalue weighted by molar-refractivity contribution is -0.115. The molecule has 0 aliphatic heterocycles. The Morgan fingerprint density at radius 3 is 1.96 bits per heavy atom. The lowest BCUT2D eigenvalue weighted by Gasteiger charge is -2.07. The number of aryl methyl sites for hydroxylation is 1. The van der Waals surface area contributed by atoms with E-state index in [4.69, 9.17) is 0 Å². The highest BCUT2D eigenvalue weighted by Crippen LogP contribution is 2.19. The summed E-state index contributed by atoms with van der Waals surface area (Å²) < 4.78 is 0. The fourth-order valence-corrected chi connectivity index (χ4v) is 2.66. The van der Waals surface area contributed by atoms with Crippen molar-refractivity contribution in [3.05, 3.63) is 90.0 Å². The molecule has 3 aromatic rings. The van der Waals surface area contributed by atoms with E-state index in [9.17, 15) is 4.79 Å². The summed E-state index contributed by atoms with van der Waals surface area (Å²) in [6.07, 6.45) is 1.38. The topological polar surface area (TPSA) is 29.1 Å². The van der Waals surface area contributed by atoms with Crippen LogP contribution < -0.4 is 5.32 Å². The lowest BCUT2D eigenvalue weighted by Crippen LogP contribution is -2.14. The number of rotatable bonds is 5. The van der Waals surface area contributed by atoms with Gasteiger partial charge in [-0.1, -0.05) is 73.7 Å². The average molecular weight is 315 g/mol. The standard InChI is InChI=1S/C22H21NO/c1-2-17-10-14-21(15-11-17)23-22(24)16-18-8-12-20(13-9-18)19-6-4-3-5-7-19/h3-15H,2,16H2,1H3,(H,23,24). The van der Waals surface area contributed by atoms with Crippen molar-refractivity contribution in [2.75, 3.05) is 5.32 Å². The normalized spacial score (nSPS) is 10.4. The molecule has 0 heterocycles. The van der Waals surface area contributed by atoms with E-state index in [1.54, 1.807) is 0 Å². The minimum Gasteiger partial charge on any atom is -0.326 e. The number of nitrogens with one attached hydrogen (secondary N) is 1. The summed E-state index contributed by atoms with van der Waals surface area (Å²) >= 11 is 0. The first-order valence-corrected chi connectivity index (χ1v) is 8.28. The van der Waals surface area contributed by atoms with Gasteiger partial charge in [-0.15, -0.1) is 0 Å². The van der Waals surface area contributed by atoms with E-state index >= 15 is 0 Å². The van der Waals surface area contributed by atoms with Gasteiger partial charge in [0.25, 0.3) is 0 Å². The molecule has 0 aliphatic carbocycles. The Morgan fingerprint density at radius 1 is 0.750 bits per heavy atom. The largest absolute Gasteiger partial charge is 0.326 e. The van der Waals surface area contributed by atoms with Crippen LogP contribution in [0.5, 0.6) is 0 Å². The third kappa shape index (κ3) is 4.11. The zero-order valence-corrected chi connectivity index (χ0v) is 13.8. The van der Waals surface area contributed by atoms with Crippen LogP contribution in [0, 0.1) is 0 Å². The third-order valence-corrected chi connectivity index (χ3v) is 4.07. The van der Waals surface area contributed by atoms with E-state index < -0.39 is 0 Å². The molecule has 0 spiro atoms. The van der Waals surface area contributed by atoms with Crippen LogP contribution in [-0.2, 0) is 17.6 Å². The van der Waals surface area contributed by atoms with Crippen molar-refractivity contribution in [3.8, 4) is 11.1 Å². The van der Waals surface area contributed by atoms with Gasteiger partial charge in [-0.2, -0.15) is 0 Å². The molecule has 1 N–H and O–H groups in total. The highest BCUT2D eigenvalue weighted by atomic mass is 16.1. The molecule has 0 saturated heterocycles. The molecular weight excluding hydrogens is 294 g/mol. The summed E-state index contributed by atoms with van der Waals surface area (Å²) in [5.41, 5.74) is 5.47. The maximum Gasteiger partial charge on any atom is 0.228 e. The monoisotopic (exact) mass is 315 g/mol. The fourth-order valence-electron chi connectivity index (χ4n) is 2.66. The highest BCUT2D eigenvalue weighted by molar-refractivity contribution is 5.92. The average Bonchev–Trinajstić information content (AvgIpc) is 2.64. The summed E-state index contributed by atoms with van der Waals surface area (Å²) in [5.74, 6) is 0.00621. The minimum atomic E-state index is 0.00621. The molecule has 0 aromatic heterocycles. The minimum absolute atomic E-state index is 0.00621. The van der Waals surface area contributed by atoms with Gasteiger partial charge in [0.2, 0.25) is 5.91 Å². The zero-order valence-electron chi connectivity index (χ0n) is 13.8. The highest BCUT2D eigenvalue weighted by Gasteiger charge is 2.05.